The van der Waals surface area contributed by atoms with Crippen LogP contribution in [0.3, 0.4) is 0 Å². The Morgan fingerprint density at radius 2 is 2.00 bits per heavy atom. The van der Waals surface area contributed by atoms with Crippen LogP contribution in [0.15, 0.2) is 0 Å². The summed E-state index contributed by atoms with van der Waals surface area (Å²) in [6, 6.07) is 0. The lowest BCUT2D eigenvalue weighted by molar-refractivity contribution is 0.280. The molecule has 0 radical (unpaired) electrons. The highest BCUT2D eigenvalue weighted by atomic mass is 31.0. The Labute approximate surface area is 52.8 Å². The lowest BCUT2D eigenvalue weighted by atomic mass is 10.4. The van der Waals surface area contributed by atoms with E-state index in [0.29, 0.717) is 0 Å². The molecule has 1 heterocycles. The minimum atomic E-state index is 1.13. The Kier molecular flexibility index (Phi) is 2.74. The van der Waals surface area contributed by atoms with Crippen molar-refractivity contribution in [3.8, 4) is 0 Å². The molecular formula is C5H13N2P. The molecule has 3 heteroatoms. The molecule has 48 valence electrons. The third kappa shape index (κ3) is 1.70. The second kappa shape index (κ2) is 3.39. The van der Waals surface area contributed by atoms with Crippen molar-refractivity contribution >= 4 is 9.24 Å². The molecular weight excluding hydrogens is 119 g/mol. The summed E-state index contributed by atoms with van der Waals surface area (Å²) < 4.78 is 0. The summed E-state index contributed by atoms with van der Waals surface area (Å²) in [7, 11) is 2.74. The van der Waals surface area contributed by atoms with Gasteiger partial charge in [-0.05, 0) is 0 Å². The number of nitrogens with zero attached hydrogens (tertiary/aromatic N) is 1. The second-order valence-corrected chi connectivity index (χ2v) is 2.42. The zero-order valence-electron chi connectivity index (χ0n) is 5.06. The summed E-state index contributed by atoms with van der Waals surface area (Å²) in [5.41, 5.74) is 0. The topological polar surface area (TPSA) is 15.3 Å². The first-order valence-corrected chi connectivity index (χ1v) is 3.88. The van der Waals surface area contributed by atoms with Crippen LogP contribution < -0.4 is 5.32 Å². The van der Waals surface area contributed by atoms with E-state index in [1.807, 2.05) is 0 Å². The van der Waals surface area contributed by atoms with Crippen LogP contribution in [0.5, 0.6) is 0 Å². The first-order chi connectivity index (χ1) is 3.93. The van der Waals surface area contributed by atoms with E-state index in [9.17, 15) is 0 Å². The molecule has 0 spiro atoms. The van der Waals surface area contributed by atoms with Crippen LogP contribution in [0.25, 0.3) is 0 Å². The zero-order chi connectivity index (χ0) is 5.82. The molecule has 2 nitrogen and oxygen atoms in total. The standard InChI is InChI=1S/C5H13N2P/c8-5-7-3-1-6-2-4-7/h6H,1-5,8H2. The van der Waals surface area contributed by atoms with Crippen molar-refractivity contribution in [2.45, 2.75) is 0 Å². The Morgan fingerprint density at radius 1 is 1.38 bits per heavy atom. The molecule has 0 aromatic rings. The van der Waals surface area contributed by atoms with E-state index in [4.69, 9.17) is 0 Å². The largest absolute Gasteiger partial charge is 0.314 e. The fraction of sp³-hybridized carbons (Fsp3) is 1.00. The number of nitrogens with one attached hydrogen (secondary N) is 1. The fourth-order valence-corrected chi connectivity index (χ4v) is 1.26. The van der Waals surface area contributed by atoms with Crippen molar-refractivity contribution < 1.29 is 0 Å². The molecule has 1 saturated heterocycles. The van der Waals surface area contributed by atoms with E-state index >= 15 is 0 Å². The van der Waals surface area contributed by atoms with Crippen LogP contribution in [0.4, 0.5) is 0 Å². The van der Waals surface area contributed by atoms with E-state index in [1.165, 1.54) is 13.1 Å². The molecule has 1 aliphatic rings. The van der Waals surface area contributed by atoms with Gasteiger partial charge in [-0.3, -0.25) is 4.90 Å². The van der Waals surface area contributed by atoms with E-state index in [2.05, 4.69) is 19.5 Å². The Hall–Kier alpha value is 0.350. The number of hydrogen-bond acceptors (Lipinski definition) is 2. The van der Waals surface area contributed by atoms with Crippen LogP contribution >= 0.6 is 9.24 Å². The highest BCUT2D eigenvalue weighted by Gasteiger charge is 2.04. The average Bonchev–Trinajstić information content (AvgIpc) is 1.90. The minimum Gasteiger partial charge on any atom is -0.314 e. The van der Waals surface area contributed by atoms with Gasteiger partial charge >= 0.3 is 0 Å². The maximum atomic E-state index is 3.30. The molecule has 0 aliphatic carbocycles. The summed E-state index contributed by atoms with van der Waals surface area (Å²) in [6.07, 6.45) is 1.13. The van der Waals surface area contributed by atoms with Gasteiger partial charge in [0.2, 0.25) is 0 Å². The molecule has 0 aromatic heterocycles. The normalized spacial score (nSPS) is 23.6. The molecule has 1 rings (SSSR count). The van der Waals surface area contributed by atoms with E-state index < -0.39 is 0 Å². The number of rotatable bonds is 1. The fourth-order valence-electron chi connectivity index (χ4n) is 0.894. The zero-order valence-corrected chi connectivity index (χ0v) is 6.21. The predicted molar refractivity (Wildman–Crippen MR) is 39.0 cm³/mol. The van der Waals surface area contributed by atoms with Crippen molar-refractivity contribution in [1.29, 1.82) is 0 Å². The van der Waals surface area contributed by atoms with Crippen molar-refractivity contribution in [2.24, 2.45) is 0 Å². The number of hydrogen-bond donors (Lipinski definition) is 1. The SMILES string of the molecule is PCN1CCNCC1. The van der Waals surface area contributed by atoms with Crippen molar-refractivity contribution in [3.63, 3.8) is 0 Å². The molecule has 8 heavy (non-hydrogen) atoms. The summed E-state index contributed by atoms with van der Waals surface area (Å²) in [4.78, 5) is 2.42. The predicted octanol–water partition coefficient (Wildman–Crippen LogP) is -0.276. The highest BCUT2D eigenvalue weighted by Crippen LogP contribution is 1.94. The van der Waals surface area contributed by atoms with Gasteiger partial charge in [-0.2, -0.15) is 0 Å². The number of piperazine rings is 1. The average molecular weight is 132 g/mol. The summed E-state index contributed by atoms with van der Waals surface area (Å²) in [5.74, 6) is 0. The van der Waals surface area contributed by atoms with Gasteiger partial charge in [-0.25, -0.2) is 0 Å². The van der Waals surface area contributed by atoms with Crippen molar-refractivity contribution in [1.82, 2.24) is 10.2 Å². The summed E-state index contributed by atoms with van der Waals surface area (Å²) in [5, 5.41) is 3.30. The summed E-state index contributed by atoms with van der Waals surface area (Å²) in [6.45, 7) is 4.75. The van der Waals surface area contributed by atoms with Crippen LogP contribution in [0, 0.1) is 0 Å². The second-order valence-electron chi connectivity index (χ2n) is 2.05. The molecule has 0 saturated carbocycles. The van der Waals surface area contributed by atoms with Gasteiger partial charge in [0.25, 0.3) is 0 Å². The van der Waals surface area contributed by atoms with Crippen molar-refractivity contribution in [3.05, 3.63) is 0 Å². The third-order valence-electron chi connectivity index (χ3n) is 1.47. The Bertz CT molecular complexity index is 61.4. The molecule has 1 atom stereocenters. The highest BCUT2D eigenvalue weighted by molar-refractivity contribution is 7.16. The molecule has 1 fully saturated rings. The van der Waals surface area contributed by atoms with Crippen molar-refractivity contribution in [2.75, 3.05) is 32.5 Å². The molecule has 0 amide bonds. The molecule has 0 aromatic carbocycles. The van der Waals surface area contributed by atoms with E-state index in [-0.39, 0.29) is 0 Å². The smallest absolute Gasteiger partial charge is 0.0127 e. The maximum Gasteiger partial charge on any atom is 0.0127 e. The van der Waals surface area contributed by atoms with Crippen LogP contribution in [0.2, 0.25) is 0 Å². The molecule has 1 unspecified atom stereocenters. The quantitative estimate of drug-likeness (QED) is 0.494. The molecule has 1 N–H and O–H groups in total. The lowest BCUT2D eigenvalue weighted by Crippen LogP contribution is -2.42. The lowest BCUT2D eigenvalue weighted by Gasteiger charge is -2.25. The molecule has 0 bridgehead atoms. The minimum absolute atomic E-state index is 1.13. The maximum absolute atomic E-state index is 3.30. The van der Waals surface area contributed by atoms with Gasteiger partial charge < -0.3 is 5.32 Å². The van der Waals surface area contributed by atoms with Gasteiger partial charge in [0.05, 0.1) is 0 Å². The van der Waals surface area contributed by atoms with Crippen LogP contribution in [-0.2, 0) is 0 Å². The van der Waals surface area contributed by atoms with Gasteiger partial charge in [-0.15, -0.1) is 9.24 Å². The van der Waals surface area contributed by atoms with Crippen LogP contribution in [-0.4, -0.2) is 37.4 Å². The van der Waals surface area contributed by atoms with Gasteiger partial charge in [-0.1, -0.05) is 0 Å². The first-order valence-electron chi connectivity index (χ1n) is 3.06. The summed E-state index contributed by atoms with van der Waals surface area (Å²) >= 11 is 0. The first kappa shape index (κ1) is 6.47. The molecule has 1 aliphatic heterocycles. The van der Waals surface area contributed by atoms with Crippen LogP contribution in [0.1, 0.15) is 0 Å². The van der Waals surface area contributed by atoms with E-state index in [0.717, 1.165) is 19.4 Å². The Balaban J connectivity index is 2.13. The van der Waals surface area contributed by atoms with Gasteiger partial charge in [0, 0.05) is 32.5 Å². The monoisotopic (exact) mass is 132 g/mol. The van der Waals surface area contributed by atoms with Gasteiger partial charge in [0.15, 0.2) is 0 Å². The van der Waals surface area contributed by atoms with Gasteiger partial charge in [0.1, 0.15) is 0 Å². The Morgan fingerprint density at radius 3 is 2.38 bits per heavy atom. The van der Waals surface area contributed by atoms with E-state index in [1.54, 1.807) is 0 Å². The third-order valence-corrected chi connectivity index (χ3v) is 1.98.